The minimum Gasteiger partial charge on any atom is -0.370 e. The molecule has 1 heterocycles. The summed E-state index contributed by atoms with van der Waals surface area (Å²) in [7, 11) is 4.05. The molecule has 0 bridgehead atoms. The third kappa shape index (κ3) is 6.02. The number of carbonyl (C=O) groups is 1. The van der Waals surface area contributed by atoms with Gasteiger partial charge in [0.25, 0.3) is 5.91 Å². The number of nitrogens with zero attached hydrogens (tertiary/aromatic N) is 2. The average molecular weight is 278 g/mol. The molecule has 0 radical (unpaired) electrons. The Kier molecular flexibility index (Phi) is 7.01. The predicted octanol–water partition coefficient (Wildman–Crippen LogP) is 1.97. The van der Waals surface area contributed by atoms with Crippen molar-refractivity contribution >= 4 is 11.7 Å². The number of hydrogen-bond acceptors (Lipinski definition) is 4. The molecule has 1 aromatic rings. The van der Waals surface area contributed by atoms with Gasteiger partial charge in [0, 0.05) is 12.6 Å². The number of aromatic nitrogens is 1. The molecule has 1 atom stereocenters. The smallest absolute Gasteiger partial charge is 0.270 e. The molecule has 1 rings (SSSR count). The predicted molar refractivity (Wildman–Crippen MR) is 83.1 cm³/mol. The van der Waals surface area contributed by atoms with Crippen molar-refractivity contribution in [2.24, 2.45) is 0 Å². The van der Waals surface area contributed by atoms with Crippen LogP contribution >= 0.6 is 0 Å². The third-order valence-electron chi connectivity index (χ3n) is 2.92. The molecule has 0 saturated carbocycles. The summed E-state index contributed by atoms with van der Waals surface area (Å²) < 4.78 is 0. The van der Waals surface area contributed by atoms with E-state index in [1.807, 2.05) is 33.2 Å². The minimum atomic E-state index is -0.114. The van der Waals surface area contributed by atoms with Crippen molar-refractivity contribution in [1.82, 2.24) is 15.2 Å². The average Bonchev–Trinajstić information content (AvgIpc) is 2.43. The van der Waals surface area contributed by atoms with Gasteiger partial charge in [-0.3, -0.25) is 4.79 Å². The Hall–Kier alpha value is -1.62. The van der Waals surface area contributed by atoms with E-state index in [1.54, 1.807) is 6.07 Å². The first-order chi connectivity index (χ1) is 9.52. The summed E-state index contributed by atoms with van der Waals surface area (Å²) in [5.41, 5.74) is 0.461. The Labute approximate surface area is 121 Å². The highest BCUT2D eigenvalue weighted by molar-refractivity contribution is 5.92. The summed E-state index contributed by atoms with van der Waals surface area (Å²) in [6.07, 6.45) is 1.95. The van der Waals surface area contributed by atoms with Gasteiger partial charge in [0.05, 0.1) is 0 Å². The first kappa shape index (κ1) is 16.4. The molecule has 0 aromatic carbocycles. The number of nitrogens with one attached hydrogen (secondary N) is 2. The molecule has 0 fully saturated rings. The van der Waals surface area contributed by atoms with Crippen LogP contribution in [0.5, 0.6) is 0 Å². The van der Waals surface area contributed by atoms with Crippen molar-refractivity contribution in [2.75, 3.05) is 32.5 Å². The molecule has 0 aliphatic rings. The summed E-state index contributed by atoms with van der Waals surface area (Å²) in [6, 6.07) is 5.61. The van der Waals surface area contributed by atoms with E-state index in [4.69, 9.17) is 0 Å². The van der Waals surface area contributed by atoms with Crippen molar-refractivity contribution in [2.45, 2.75) is 32.7 Å². The molecule has 0 spiro atoms. The maximum atomic E-state index is 12.1. The summed E-state index contributed by atoms with van der Waals surface area (Å²) in [5.74, 6) is 0.636. The lowest BCUT2D eigenvalue weighted by molar-refractivity contribution is 0.0932. The van der Waals surface area contributed by atoms with Crippen molar-refractivity contribution < 1.29 is 4.79 Å². The van der Waals surface area contributed by atoms with Gasteiger partial charge in [0.1, 0.15) is 11.5 Å². The van der Waals surface area contributed by atoms with Crippen molar-refractivity contribution in [3.05, 3.63) is 23.9 Å². The maximum absolute atomic E-state index is 12.1. The highest BCUT2D eigenvalue weighted by Crippen LogP contribution is 2.05. The summed E-state index contributed by atoms with van der Waals surface area (Å²) in [5, 5.41) is 6.16. The zero-order chi connectivity index (χ0) is 15.0. The van der Waals surface area contributed by atoms with Crippen molar-refractivity contribution in [3.63, 3.8) is 0 Å². The quantitative estimate of drug-likeness (QED) is 0.763. The molecule has 20 heavy (non-hydrogen) atoms. The van der Waals surface area contributed by atoms with E-state index in [1.165, 1.54) is 0 Å². The van der Waals surface area contributed by atoms with Crippen LogP contribution in [0.15, 0.2) is 18.2 Å². The van der Waals surface area contributed by atoms with Gasteiger partial charge in [0.15, 0.2) is 0 Å². The number of amides is 1. The standard InChI is InChI=1S/C15H26N4O/c1-5-10-16-14-8-6-7-13(18-14)15(20)17-12(2)9-11-19(3)4/h6-8,12H,5,9-11H2,1-4H3,(H,16,18)(H,17,20). The van der Waals surface area contributed by atoms with E-state index in [0.717, 1.165) is 31.7 Å². The van der Waals surface area contributed by atoms with Crippen LogP contribution in [0.2, 0.25) is 0 Å². The molecule has 1 unspecified atom stereocenters. The Morgan fingerprint density at radius 3 is 2.80 bits per heavy atom. The lowest BCUT2D eigenvalue weighted by Gasteiger charge is -2.16. The van der Waals surface area contributed by atoms with Crippen LogP contribution in [-0.4, -0.2) is 49.0 Å². The van der Waals surface area contributed by atoms with Gasteiger partial charge in [-0.15, -0.1) is 0 Å². The number of anilines is 1. The summed E-state index contributed by atoms with van der Waals surface area (Å²) >= 11 is 0. The van der Waals surface area contributed by atoms with Crippen LogP contribution in [0.25, 0.3) is 0 Å². The van der Waals surface area contributed by atoms with E-state index in [0.29, 0.717) is 5.69 Å². The zero-order valence-corrected chi connectivity index (χ0v) is 12.9. The van der Waals surface area contributed by atoms with Gasteiger partial charge in [-0.25, -0.2) is 4.98 Å². The Bertz CT molecular complexity index is 420. The van der Waals surface area contributed by atoms with E-state index >= 15 is 0 Å². The molecule has 1 aromatic heterocycles. The minimum absolute atomic E-state index is 0.114. The Morgan fingerprint density at radius 1 is 1.40 bits per heavy atom. The van der Waals surface area contributed by atoms with Crippen molar-refractivity contribution in [3.8, 4) is 0 Å². The topological polar surface area (TPSA) is 57.3 Å². The van der Waals surface area contributed by atoms with Crippen LogP contribution in [0.1, 0.15) is 37.2 Å². The van der Waals surface area contributed by atoms with Crippen LogP contribution in [0, 0.1) is 0 Å². The van der Waals surface area contributed by atoms with Crippen LogP contribution in [-0.2, 0) is 0 Å². The molecule has 1 amide bonds. The monoisotopic (exact) mass is 278 g/mol. The normalized spacial score (nSPS) is 12.2. The highest BCUT2D eigenvalue weighted by atomic mass is 16.1. The highest BCUT2D eigenvalue weighted by Gasteiger charge is 2.11. The molecular formula is C15H26N4O. The molecule has 2 N–H and O–H groups in total. The molecule has 0 saturated heterocycles. The second-order valence-corrected chi connectivity index (χ2v) is 5.30. The van der Waals surface area contributed by atoms with Gasteiger partial charge in [-0.1, -0.05) is 13.0 Å². The second-order valence-electron chi connectivity index (χ2n) is 5.30. The molecular weight excluding hydrogens is 252 g/mol. The lowest BCUT2D eigenvalue weighted by atomic mass is 10.2. The van der Waals surface area contributed by atoms with E-state index in [-0.39, 0.29) is 11.9 Å². The summed E-state index contributed by atoms with van der Waals surface area (Å²) in [6.45, 7) is 5.92. The Balaban J connectivity index is 2.54. The van der Waals surface area contributed by atoms with Gasteiger partial charge < -0.3 is 15.5 Å². The Morgan fingerprint density at radius 2 is 2.15 bits per heavy atom. The van der Waals surface area contributed by atoms with E-state index in [9.17, 15) is 4.79 Å². The van der Waals surface area contributed by atoms with Crippen molar-refractivity contribution in [1.29, 1.82) is 0 Å². The molecule has 112 valence electrons. The van der Waals surface area contributed by atoms with Gasteiger partial charge >= 0.3 is 0 Å². The van der Waals surface area contributed by atoms with E-state index < -0.39 is 0 Å². The lowest BCUT2D eigenvalue weighted by Crippen LogP contribution is -2.35. The first-order valence-corrected chi connectivity index (χ1v) is 7.19. The molecule has 5 heteroatoms. The third-order valence-corrected chi connectivity index (χ3v) is 2.92. The van der Waals surface area contributed by atoms with Gasteiger partial charge in [-0.05, 0) is 52.5 Å². The SMILES string of the molecule is CCCNc1cccc(C(=O)NC(C)CCN(C)C)n1. The second kappa shape index (κ2) is 8.53. The fourth-order valence-corrected chi connectivity index (χ4v) is 1.73. The zero-order valence-electron chi connectivity index (χ0n) is 12.9. The molecule has 0 aliphatic carbocycles. The summed E-state index contributed by atoms with van der Waals surface area (Å²) in [4.78, 5) is 18.5. The van der Waals surface area contributed by atoms with E-state index in [2.05, 4.69) is 27.4 Å². The number of rotatable bonds is 8. The van der Waals surface area contributed by atoms with Crippen LogP contribution in [0.4, 0.5) is 5.82 Å². The number of hydrogen-bond donors (Lipinski definition) is 2. The molecule has 5 nitrogen and oxygen atoms in total. The number of pyridine rings is 1. The van der Waals surface area contributed by atoms with Crippen LogP contribution in [0.3, 0.4) is 0 Å². The fourth-order valence-electron chi connectivity index (χ4n) is 1.73. The largest absolute Gasteiger partial charge is 0.370 e. The first-order valence-electron chi connectivity index (χ1n) is 7.19. The number of carbonyl (C=O) groups excluding carboxylic acids is 1. The van der Waals surface area contributed by atoms with Gasteiger partial charge in [0.2, 0.25) is 0 Å². The fraction of sp³-hybridized carbons (Fsp3) is 0.600. The molecule has 0 aliphatic heterocycles. The maximum Gasteiger partial charge on any atom is 0.270 e. The van der Waals surface area contributed by atoms with Crippen LogP contribution < -0.4 is 10.6 Å². The van der Waals surface area contributed by atoms with Gasteiger partial charge in [-0.2, -0.15) is 0 Å².